The van der Waals surface area contributed by atoms with E-state index < -0.39 is 171 Å². The fraction of sp³-hybridized carbons (Fsp3) is 0.774. The van der Waals surface area contributed by atoms with Crippen molar-refractivity contribution in [3.8, 4) is 17.6 Å². The molecule has 428 valence electrons. The fourth-order valence-electron chi connectivity index (χ4n) is 11.3. The summed E-state index contributed by atoms with van der Waals surface area (Å²) in [6, 6.07) is 1.65. The van der Waals surface area contributed by atoms with Crippen molar-refractivity contribution in [3.05, 3.63) is 29.8 Å². The van der Waals surface area contributed by atoms with Gasteiger partial charge in [-0.15, -0.1) is 11.8 Å². The lowest BCUT2D eigenvalue weighted by Gasteiger charge is -2.50. The number of benzene rings is 1. The van der Waals surface area contributed by atoms with E-state index in [2.05, 4.69) is 40.0 Å². The van der Waals surface area contributed by atoms with Crippen molar-refractivity contribution in [2.45, 2.75) is 202 Å². The van der Waals surface area contributed by atoms with Crippen LogP contribution in [0.25, 0.3) is 0 Å². The van der Waals surface area contributed by atoms with Gasteiger partial charge in [-0.05, 0) is 55.2 Å². The highest BCUT2D eigenvalue weighted by molar-refractivity contribution is 5.94. The number of nitrogens with one attached hydrogen (secondary N) is 4. The van der Waals surface area contributed by atoms with Crippen LogP contribution >= 0.6 is 0 Å². The first-order valence-corrected chi connectivity index (χ1v) is 26.8. The maximum absolute atomic E-state index is 14.0. The third-order valence-electron chi connectivity index (χ3n) is 14.8. The van der Waals surface area contributed by atoms with Gasteiger partial charge in [0.05, 0.1) is 69.5 Å². The Kier molecular flexibility index (Phi) is 23.5. The van der Waals surface area contributed by atoms with Crippen LogP contribution in [0.15, 0.2) is 24.3 Å². The third kappa shape index (κ3) is 15.2. The zero-order valence-corrected chi connectivity index (χ0v) is 44.4. The Morgan fingerprint density at radius 3 is 1.83 bits per heavy atom. The molecule has 0 aromatic heterocycles. The first-order chi connectivity index (χ1) is 36.5. The number of aliphatic hydroxyl groups excluding tert-OH is 7. The number of carbonyl (C=O) groups is 4. The van der Waals surface area contributed by atoms with Crippen LogP contribution in [0.4, 0.5) is 0 Å². The van der Waals surface area contributed by atoms with Crippen molar-refractivity contribution in [3.63, 3.8) is 0 Å². The lowest BCUT2D eigenvalue weighted by atomic mass is 9.88. The molecule has 1 aliphatic carbocycles. The first-order valence-electron chi connectivity index (χ1n) is 26.8. The number of fused-ring (bicyclic) bond motifs is 1. The fourth-order valence-corrected chi connectivity index (χ4v) is 11.3. The number of hydrogen-bond acceptors (Lipinski definition) is 19. The number of hydrogen-bond donors (Lipinski definition) is 11. The highest BCUT2D eigenvalue weighted by Crippen LogP contribution is 2.59. The molecule has 23 nitrogen and oxygen atoms in total. The summed E-state index contributed by atoms with van der Waals surface area (Å²) in [6.07, 6.45) is -10.9. The van der Waals surface area contributed by atoms with Crippen molar-refractivity contribution in [2.24, 2.45) is 17.8 Å². The molecule has 23 heteroatoms. The lowest BCUT2D eigenvalue weighted by Crippen LogP contribution is -2.70. The summed E-state index contributed by atoms with van der Waals surface area (Å²) in [6.45, 7) is 5.99. The van der Waals surface area contributed by atoms with E-state index in [0.717, 1.165) is 12.8 Å². The number of rotatable bonds is 25. The van der Waals surface area contributed by atoms with Gasteiger partial charge in [0.25, 0.3) is 5.91 Å². The molecule has 76 heavy (non-hydrogen) atoms. The smallest absolute Gasteiger partial charge is 0.251 e. The Labute approximate surface area is 444 Å². The zero-order valence-electron chi connectivity index (χ0n) is 44.4. The Bertz CT molecular complexity index is 2100. The lowest BCUT2D eigenvalue weighted by molar-refractivity contribution is -0.338. The summed E-state index contributed by atoms with van der Waals surface area (Å²) in [5.74, 6) is 2.48. The number of ether oxygens (including phenoxy) is 8. The monoisotopic (exact) mass is 1080 g/mol. The van der Waals surface area contributed by atoms with Crippen LogP contribution in [0.1, 0.15) is 103 Å². The van der Waals surface area contributed by atoms with Gasteiger partial charge in [-0.1, -0.05) is 45.6 Å². The predicted molar refractivity (Wildman–Crippen MR) is 269 cm³/mol. The number of methoxy groups -OCH3 is 1. The van der Waals surface area contributed by atoms with E-state index >= 15 is 0 Å². The van der Waals surface area contributed by atoms with Crippen LogP contribution in [-0.2, 0) is 47.5 Å². The van der Waals surface area contributed by atoms with Crippen LogP contribution in [0.5, 0.6) is 5.75 Å². The molecule has 0 bridgehead atoms. The molecule has 21 atom stereocenters. The quantitative estimate of drug-likeness (QED) is 0.0410. The summed E-state index contributed by atoms with van der Waals surface area (Å²) >= 11 is 0. The van der Waals surface area contributed by atoms with E-state index in [1.165, 1.54) is 47.1 Å². The molecule has 21 unspecified atom stereocenters. The minimum Gasteiger partial charge on any atom is -0.494 e. The summed E-state index contributed by atoms with van der Waals surface area (Å²) < 4.78 is 49.4. The number of unbranched alkanes of at least 4 members (excludes halogenated alkanes) is 5. The largest absolute Gasteiger partial charge is 0.494 e. The highest BCUT2D eigenvalue weighted by atomic mass is 16.7. The van der Waals surface area contributed by atoms with E-state index in [4.69, 9.17) is 37.9 Å². The Balaban J connectivity index is 1.21. The van der Waals surface area contributed by atoms with Gasteiger partial charge in [-0.25, -0.2) is 0 Å². The number of aliphatic hydroxyl groups is 7. The van der Waals surface area contributed by atoms with E-state index in [9.17, 15) is 54.9 Å². The molecule has 5 fully saturated rings. The predicted octanol–water partition coefficient (Wildman–Crippen LogP) is -1.08. The maximum Gasteiger partial charge on any atom is 0.251 e. The molecule has 1 aromatic carbocycles. The second-order valence-electron chi connectivity index (χ2n) is 20.4. The molecule has 1 aromatic rings. The highest BCUT2D eigenvalue weighted by Gasteiger charge is 2.69. The second kappa shape index (κ2) is 29.2. The van der Waals surface area contributed by atoms with Gasteiger partial charge >= 0.3 is 0 Å². The van der Waals surface area contributed by atoms with Gasteiger partial charge in [0.2, 0.25) is 17.7 Å². The summed E-state index contributed by atoms with van der Waals surface area (Å²) in [7, 11) is 1.42. The molecule has 4 saturated heterocycles. The molecule has 0 radical (unpaired) electrons. The van der Waals surface area contributed by atoms with Gasteiger partial charge in [-0.3, -0.25) is 19.2 Å². The van der Waals surface area contributed by atoms with Gasteiger partial charge in [0.15, 0.2) is 12.6 Å². The Hall–Kier alpha value is -4.10. The molecular weight excluding hydrogens is 997 g/mol. The Morgan fingerprint density at radius 2 is 1.20 bits per heavy atom. The number of carbonyl (C=O) groups excluding carboxylic acids is 4. The standard InChI is InChI=1S/C53H82N4O19/c1-7-9-10-11-12-13-14-15-16-21-70-31-20-17-19-30(22-31)51(68)57-42-45(65)44(64)34(24-59)72-50(42)39-37-33(23-58)73-52(41(38(37)39)55-28(4)62)75-48-35(25-60)74-53(43(47(48)67)56-29(5)63)76-49-36(26-69-6)71-32(18-8-2)40(46(49)66)54-27(3)61/h17,19-20,22,32-50,52-53,58-60,64-67H,7-12,15-16,18,21,23-26H2,1-6H3,(H,54,61)(H,55,62)(H,56,63)(H,57,68). The van der Waals surface area contributed by atoms with E-state index in [1.54, 1.807) is 24.3 Å². The van der Waals surface area contributed by atoms with Crippen LogP contribution in [-0.4, -0.2) is 210 Å². The summed E-state index contributed by atoms with van der Waals surface area (Å²) in [5.41, 5.74) is 0.174. The van der Waals surface area contributed by atoms with Crippen molar-refractivity contribution in [1.29, 1.82) is 0 Å². The molecule has 1 saturated carbocycles. The molecule has 4 amide bonds. The molecule has 5 aliphatic rings. The van der Waals surface area contributed by atoms with Crippen LogP contribution in [0, 0.1) is 29.6 Å². The molecule has 0 spiro atoms. The van der Waals surface area contributed by atoms with Gasteiger partial charge in [0.1, 0.15) is 66.7 Å². The van der Waals surface area contributed by atoms with Crippen LogP contribution < -0.4 is 26.0 Å². The molecule has 11 N–H and O–H groups in total. The van der Waals surface area contributed by atoms with E-state index in [0.29, 0.717) is 38.0 Å². The number of amides is 4. The van der Waals surface area contributed by atoms with Crippen molar-refractivity contribution in [2.75, 3.05) is 40.1 Å². The van der Waals surface area contributed by atoms with Gasteiger partial charge < -0.3 is 94.9 Å². The topological polar surface area (TPSA) is 332 Å². The normalized spacial score (nSPS) is 36.9. The average molecular weight is 1080 g/mol. The average Bonchev–Trinajstić information content (AvgIpc) is 4.14. The van der Waals surface area contributed by atoms with Crippen LogP contribution in [0.2, 0.25) is 0 Å². The van der Waals surface area contributed by atoms with E-state index in [1.807, 2.05) is 6.92 Å². The molecule has 6 rings (SSSR count). The van der Waals surface area contributed by atoms with Crippen LogP contribution in [0.3, 0.4) is 0 Å². The second-order valence-corrected chi connectivity index (χ2v) is 20.4. The minimum absolute atomic E-state index is 0.0678. The maximum atomic E-state index is 14.0. The third-order valence-corrected chi connectivity index (χ3v) is 14.8. The summed E-state index contributed by atoms with van der Waals surface area (Å²) in [4.78, 5) is 52.1. The van der Waals surface area contributed by atoms with Gasteiger partial charge in [-0.2, -0.15) is 0 Å². The Morgan fingerprint density at radius 1 is 0.592 bits per heavy atom. The van der Waals surface area contributed by atoms with Crippen molar-refractivity contribution >= 4 is 23.6 Å². The van der Waals surface area contributed by atoms with Crippen molar-refractivity contribution < 1.29 is 92.8 Å². The molecule has 4 heterocycles. The van der Waals surface area contributed by atoms with Gasteiger partial charge in [0, 0.05) is 46.3 Å². The SMILES string of the molecule is CCCCCCC#CCCCOc1cccc(C(=O)NC2C(O)C(O)C(CO)OC2C2C3C(CO)OC(OC4C(CO)OC(OC5C(COC)OC(CCC)C(NC(C)=O)C5O)C(NC(C)=O)C4O)C(NC(C)=O)C32)c1. The van der Waals surface area contributed by atoms with Crippen molar-refractivity contribution in [1.82, 2.24) is 21.3 Å². The first kappa shape index (κ1) is 61.1. The summed E-state index contributed by atoms with van der Waals surface area (Å²) in [5, 5.41) is 89.7. The zero-order chi connectivity index (χ0) is 55.2. The van der Waals surface area contributed by atoms with E-state index in [-0.39, 0.29) is 12.2 Å². The molecular formula is C53H82N4O19. The minimum atomic E-state index is -1.75. The molecule has 4 aliphatic heterocycles.